The second-order valence-electron chi connectivity index (χ2n) is 5.52. The minimum atomic E-state index is 0.140. The van der Waals surface area contributed by atoms with Crippen LogP contribution in [0.15, 0.2) is 59.9 Å². The van der Waals surface area contributed by atoms with E-state index in [9.17, 15) is 5.11 Å². The number of nitrogens with zero attached hydrogens (tertiary/aromatic N) is 3. The molecule has 5 nitrogen and oxygen atoms in total. The summed E-state index contributed by atoms with van der Waals surface area (Å²) in [4.78, 5) is 10.4. The van der Waals surface area contributed by atoms with Gasteiger partial charge in [0.1, 0.15) is 16.6 Å². The molecule has 0 radical (unpaired) electrons. The molecule has 0 saturated heterocycles. The van der Waals surface area contributed by atoms with Gasteiger partial charge in [-0.25, -0.2) is 4.98 Å². The number of benzene rings is 1. The van der Waals surface area contributed by atoms with E-state index < -0.39 is 0 Å². The summed E-state index contributed by atoms with van der Waals surface area (Å²) in [5, 5.41) is 22.0. The van der Waals surface area contributed by atoms with Gasteiger partial charge in [-0.2, -0.15) is 0 Å². The van der Waals surface area contributed by atoms with Gasteiger partial charge in [-0.15, -0.1) is 11.3 Å². The third kappa shape index (κ3) is 2.90. The molecule has 0 unspecified atom stereocenters. The van der Waals surface area contributed by atoms with Crippen LogP contribution in [0.25, 0.3) is 16.8 Å². The number of aliphatic hydroxyl groups is 1. The highest BCUT2D eigenvalue weighted by atomic mass is 35.5. The first kappa shape index (κ1) is 15.8. The van der Waals surface area contributed by atoms with Crippen molar-refractivity contribution in [1.82, 2.24) is 9.97 Å². The first-order valence-electron chi connectivity index (χ1n) is 7.54. The number of thiazole rings is 1. The van der Waals surface area contributed by atoms with Crippen LogP contribution in [0.4, 0.5) is 5.69 Å². The summed E-state index contributed by atoms with van der Waals surface area (Å²) in [6.07, 6.45) is 3.35. The maximum absolute atomic E-state index is 10.4. The van der Waals surface area contributed by atoms with E-state index in [0.29, 0.717) is 15.6 Å². The van der Waals surface area contributed by atoms with Crippen LogP contribution in [0.2, 0.25) is 5.02 Å². The zero-order valence-corrected chi connectivity index (χ0v) is 14.6. The lowest BCUT2D eigenvalue weighted by Gasteiger charge is -2.17. The molecule has 25 heavy (non-hydrogen) atoms. The Morgan fingerprint density at radius 3 is 2.88 bits per heavy atom. The lowest BCUT2D eigenvalue weighted by molar-refractivity contribution is 0.411. The molecule has 4 rings (SSSR count). The molecule has 3 aromatic rings. The Balaban J connectivity index is 1.66. The van der Waals surface area contributed by atoms with Crippen molar-refractivity contribution in [2.24, 2.45) is 0 Å². The molecule has 0 bridgehead atoms. The van der Waals surface area contributed by atoms with Gasteiger partial charge >= 0.3 is 0 Å². The molecule has 2 aromatic heterocycles. The molecule has 1 aliphatic heterocycles. The quantitative estimate of drug-likeness (QED) is 0.707. The van der Waals surface area contributed by atoms with Gasteiger partial charge < -0.3 is 10.0 Å². The van der Waals surface area contributed by atoms with Gasteiger partial charge in [-0.3, -0.25) is 10.4 Å². The fourth-order valence-electron chi connectivity index (χ4n) is 2.71. The monoisotopic (exact) mass is 368 g/mol. The minimum absolute atomic E-state index is 0.140. The predicted octanol–water partition coefficient (Wildman–Crippen LogP) is 4.63. The van der Waals surface area contributed by atoms with Crippen LogP contribution in [-0.4, -0.2) is 27.5 Å². The molecule has 0 aliphatic carbocycles. The number of aromatic nitrogens is 2. The number of amidine groups is 1. The van der Waals surface area contributed by atoms with Crippen molar-refractivity contribution in [3.05, 3.63) is 70.0 Å². The summed E-state index contributed by atoms with van der Waals surface area (Å²) in [5.41, 5.74) is 2.90. The van der Waals surface area contributed by atoms with Crippen LogP contribution in [0.1, 0.15) is 5.01 Å². The molecule has 0 saturated carbocycles. The van der Waals surface area contributed by atoms with Gasteiger partial charge in [0, 0.05) is 22.2 Å². The number of halogens is 1. The fourth-order valence-corrected chi connectivity index (χ4v) is 3.79. The van der Waals surface area contributed by atoms with Gasteiger partial charge in [0.15, 0.2) is 0 Å². The number of hydrogen-bond donors (Lipinski definition) is 2. The van der Waals surface area contributed by atoms with Crippen LogP contribution in [0.5, 0.6) is 0 Å². The van der Waals surface area contributed by atoms with Gasteiger partial charge in [-0.05, 0) is 24.3 Å². The Kier molecular flexibility index (Phi) is 3.99. The maximum Gasteiger partial charge on any atom is 0.139 e. The summed E-state index contributed by atoms with van der Waals surface area (Å²) < 4.78 is 0. The van der Waals surface area contributed by atoms with Gasteiger partial charge in [0.25, 0.3) is 0 Å². The van der Waals surface area contributed by atoms with E-state index in [1.807, 2.05) is 35.7 Å². The summed E-state index contributed by atoms with van der Waals surface area (Å²) in [6, 6.07) is 11.1. The first-order chi connectivity index (χ1) is 12.1. The Morgan fingerprint density at radius 2 is 2.12 bits per heavy atom. The molecule has 3 heterocycles. The molecule has 0 atom stereocenters. The van der Waals surface area contributed by atoms with Crippen LogP contribution in [0, 0.1) is 5.41 Å². The molecular weight excluding hydrogens is 356 g/mol. The zero-order valence-electron chi connectivity index (χ0n) is 13.0. The van der Waals surface area contributed by atoms with Crippen LogP contribution in [0.3, 0.4) is 0 Å². The van der Waals surface area contributed by atoms with Crippen molar-refractivity contribution in [3.8, 4) is 11.3 Å². The summed E-state index contributed by atoms with van der Waals surface area (Å²) in [5.74, 6) is 0.360. The molecule has 1 aliphatic rings. The van der Waals surface area contributed by atoms with E-state index in [0.717, 1.165) is 16.9 Å². The lowest BCUT2D eigenvalue weighted by Crippen LogP contribution is -2.26. The van der Waals surface area contributed by atoms with E-state index in [4.69, 9.17) is 17.0 Å². The Hall–Kier alpha value is -2.70. The molecule has 0 fully saturated rings. The normalized spacial score (nSPS) is 14.4. The lowest BCUT2D eigenvalue weighted by atomic mass is 10.2. The molecule has 2 N–H and O–H groups in total. The van der Waals surface area contributed by atoms with E-state index in [2.05, 4.69) is 9.97 Å². The van der Waals surface area contributed by atoms with Gasteiger partial charge in [0.2, 0.25) is 0 Å². The molecule has 124 valence electrons. The van der Waals surface area contributed by atoms with Crippen LogP contribution in [-0.2, 0) is 0 Å². The van der Waals surface area contributed by atoms with E-state index >= 15 is 0 Å². The van der Waals surface area contributed by atoms with E-state index in [1.165, 1.54) is 11.3 Å². The first-order valence-corrected chi connectivity index (χ1v) is 8.79. The number of anilines is 1. The number of aliphatic hydroxyl groups excluding tert-OH is 1. The van der Waals surface area contributed by atoms with Crippen molar-refractivity contribution in [2.45, 2.75) is 0 Å². The van der Waals surface area contributed by atoms with Crippen molar-refractivity contribution in [2.75, 3.05) is 11.4 Å². The largest absolute Gasteiger partial charge is 0.510 e. The minimum Gasteiger partial charge on any atom is -0.510 e. The number of pyridine rings is 1. The average molecular weight is 369 g/mol. The number of hydrogen-bond acceptors (Lipinski definition) is 5. The van der Waals surface area contributed by atoms with Crippen molar-refractivity contribution in [3.63, 3.8) is 0 Å². The van der Waals surface area contributed by atoms with E-state index in [-0.39, 0.29) is 18.1 Å². The Bertz CT molecular complexity index is 984. The highest BCUT2D eigenvalue weighted by molar-refractivity contribution is 7.11. The van der Waals surface area contributed by atoms with Crippen molar-refractivity contribution < 1.29 is 5.11 Å². The highest BCUT2D eigenvalue weighted by Crippen LogP contribution is 2.34. The Morgan fingerprint density at radius 1 is 1.24 bits per heavy atom. The maximum atomic E-state index is 10.4. The molecule has 7 heteroatoms. The summed E-state index contributed by atoms with van der Waals surface area (Å²) in [6.45, 7) is 0.242. The topological polar surface area (TPSA) is 73.1 Å². The molecule has 0 amide bonds. The second-order valence-corrected chi connectivity index (χ2v) is 6.81. The third-order valence-corrected chi connectivity index (χ3v) is 4.99. The van der Waals surface area contributed by atoms with Gasteiger partial charge in [0.05, 0.1) is 29.7 Å². The number of nitrogens with one attached hydrogen (secondary N) is 1. The van der Waals surface area contributed by atoms with Crippen LogP contribution < -0.4 is 4.90 Å². The predicted molar refractivity (Wildman–Crippen MR) is 101 cm³/mol. The SMILES string of the molecule is N=C1C(c2nc(-c3cccc(Cl)c3)cs2)=C(O)CN1c1cccnc1. The molecule has 1 aromatic carbocycles. The molecular formula is C18H13ClN4OS. The highest BCUT2D eigenvalue weighted by Gasteiger charge is 2.31. The Labute approximate surface area is 153 Å². The second kappa shape index (κ2) is 6.31. The van der Waals surface area contributed by atoms with E-state index in [1.54, 1.807) is 23.4 Å². The summed E-state index contributed by atoms with van der Waals surface area (Å²) in [7, 11) is 0. The van der Waals surface area contributed by atoms with Crippen LogP contribution >= 0.6 is 22.9 Å². The molecule has 0 spiro atoms. The number of rotatable bonds is 3. The zero-order chi connectivity index (χ0) is 17.4. The fraction of sp³-hybridized carbons (Fsp3) is 0.0556. The smallest absolute Gasteiger partial charge is 0.139 e. The van der Waals surface area contributed by atoms with Crippen molar-refractivity contribution in [1.29, 1.82) is 5.41 Å². The standard InChI is InChI=1S/C18H13ClN4OS/c19-12-4-1-3-11(7-12)14-10-25-18(22-14)16-15(24)9-23(17(16)20)13-5-2-6-21-8-13/h1-8,10,20,24H,9H2. The van der Waals surface area contributed by atoms with Gasteiger partial charge in [-0.1, -0.05) is 23.7 Å². The average Bonchev–Trinajstić information content (AvgIpc) is 3.20. The third-order valence-electron chi connectivity index (χ3n) is 3.90. The summed E-state index contributed by atoms with van der Waals surface area (Å²) >= 11 is 7.44. The van der Waals surface area contributed by atoms with Crippen molar-refractivity contribution >= 4 is 40.0 Å².